The second-order valence-corrected chi connectivity index (χ2v) is 5.87. The smallest absolute Gasteiger partial charge is 0.227 e. The summed E-state index contributed by atoms with van der Waals surface area (Å²) in [6.45, 7) is 7.76. The molecule has 1 amide bonds. The number of carbonyl (C=O) groups excluding carboxylic acids is 1. The van der Waals surface area contributed by atoms with E-state index >= 15 is 0 Å². The second-order valence-electron chi connectivity index (χ2n) is 5.87. The van der Waals surface area contributed by atoms with E-state index in [-0.39, 0.29) is 11.3 Å². The Morgan fingerprint density at radius 1 is 1.21 bits per heavy atom. The number of hydrogen-bond donors (Lipinski definition) is 2. The minimum Gasteiger partial charge on any atom is -0.351 e. The topological polar surface area (TPSA) is 41.1 Å². The molecule has 2 N–H and O–H groups in total. The van der Waals surface area contributed by atoms with Crippen molar-refractivity contribution in [3.63, 3.8) is 0 Å². The van der Waals surface area contributed by atoms with E-state index in [1.165, 1.54) is 22.3 Å². The van der Waals surface area contributed by atoms with Crippen molar-refractivity contribution in [2.45, 2.75) is 40.2 Å². The van der Waals surface area contributed by atoms with E-state index in [2.05, 4.69) is 43.5 Å². The van der Waals surface area contributed by atoms with Crippen LogP contribution in [0.2, 0.25) is 0 Å². The van der Waals surface area contributed by atoms with E-state index in [0.29, 0.717) is 6.54 Å². The van der Waals surface area contributed by atoms with Gasteiger partial charge in [-0.3, -0.25) is 4.79 Å². The first-order chi connectivity index (χ1) is 8.98. The van der Waals surface area contributed by atoms with E-state index in [9.17, 15) is 4.79 Å². The number of amides is 1. The maximum atomic E-state index is 12.2. The first-order valence-electron chi connectivity index (χ1n) is 6.98. The number of carbonyl (C=O) groups is 1. The van der Waals surface area contributed by atoms with E-state index < -0.39 is 0 Å². The normalized spacial score (nSPS) is 16.2. The average molecular weight is 260 g/mol. The van der Waals surface area contributed by atoms with Gasteiger partial charge in [-0.05, 0) is 57.4 Å². The summed E-state index contributed by atoms with van der Waals surface area (Å²) in [5.74, 6) is 0.196. The highest BCUT2D eigenvalue weighted by molar-refractivity contribution is 5.85. The molecule has 1 fully saturated rings. The van der Waals surface area contributed by atoms with Gasteiger partial charge in [0.2, 0.25) is 5.91 Å². The minimum atomic E-state index is -0.138. The van der Waals surface area contributed by atoms with Crippen LogP contribution in [0.3, 0.4) is 0 Å². The highest BCUT2D eigenvalue weighted by atomic mass is 16.2. The fraction of sp³-hybridized carbons (Fsp3) is 0.562. The highest BCUT2D eigenvalue weighted by Crippen LogP contribution is 2.45. The van der Waals surface area contributed by atoms with Gasteiger partial charge in [-0.2, -0.15) is 0 Å². The Kier molecular flexibility index (Phi) is 3.95. The van der Waals surface area contributed by atoms with Crippen LogP contribution in [0.4, 0.5) is 0 Å². The van der Waals surface area contributed by atoms with Crippen LogP contribution < -0.4 is 10.6 Å². The summed E-state index contributed by atoms with van der Waals surface area (Å²) < 4.78 is 0. The zero-order valence-corrected chi connectivity index (χ0v) is 12.4. The molecule has 19 heavy (non-hydrogen) atoms. The number of benzene rings is 1. The van der Waals surface area contributed by atoms with Crippen LogP contribution in [0.5, 0.6) is 0 Å². The van der Waals surface area contributed by atoms with Crippen LogP contribution in [0, 0.1) is 26.2 Å². The van der Waals surface area contributed by atoms with Gasteiger partial charge in [-0.1, -0.05) is 17.7 Å². The molecule has 1 aliphatic rings. The zero-order valence-electron chi connectivity index (χ0n) is 12.4. The van der Waals surface area contributed by atoms with Gasteiger partial charge in [-0.15, -0.1) is 0 Å². The van der Waals surface area contributed by atoms with Gasteiger partial charge in [0.1, 0.15) is 0 Å². The van der Waals surface area contributed by atoms with Crippen molar-refractivity contribution in [3.05, 3.63) is 34.4 Å². The van der Waals surface area contributed by atoms with E-state index in [0.717, 1.165) is 19.4 Å². The first-order valence-corrected chi connectivity index (χ1v) is 6.98. The number of hydrogen-bond acceptors (Lipinski definition) is 2. The van der Waals surface area contributed by atoms with Crippen molar-refractivity contribution >= 4 is 5.91 Å². The number of rotatable bonds is 5. The molecule has 1 saturated carbocycles. The van der Waals surface area contributed by atoms with Crippen LogP contribution in [-0.2, 0) is 11.3 Å². The van der Waals surface area contributed by atoms with Crippen molar-refractivity contribution in [2.24, 2.45) is 5.41 Å². The standard InChI is InChI=1S/C16H24N2O/c1-11-7-12(2)14(13(3)8-11)9-18-15(19)16(5-6-16)10-17-4/h7-8,17H,5-6,9-10H2,1-4H3,(H,18,19). The van der Waals surface area contributed by atoms with Gasteiger partial charge in [0.05, 0.1) is 5.41 Å². The molecule has 1 aliphatic carbocycles. The quantitative estimate of drug-likeness (QED) is 0.852. The Morgan fingerprint density at radius 2 is 1.79 bits per heavy atom. The lowest BCUT2D eigenvalue weighted by Gasteiger charge is -2.17. The lowest BCUT2D eigenvalue weighted by atomic mass is 9.99. The third-order valence-electron chi connectivity index (χ3n) is 4.12. The second kappa shape index (κ2) is 5.33. The number of nitrogens with one attached hydrogen (secondary N) is 2. The summed E-state index contributed by atoms with van der Waals surface area (Å²) in [5.41, 5.74) is 4.91. The minimum absolute atomic E-state index is 0.138. The van der Waals surface area contributed by atoms with Crippen molar-refractivity contribution in [2.75, 3.05) is 13.6 Å². The Bertz CT molecular complexity index is 467. The molecular formula is C16H24N2O. The van der Waals surface area contributed by atoms with Gasteiger partial charge in [0.15, 0.2) is 0 Å². The van der Waals surface area contributed by atoms with Crippen LogP contribution in [0.15, 0.2) is 12.1 Å². The molecule has 0 radical (unpaired) electrons. The van der Waals surface area contributed by atoms with E-state index in [1.807, 2.05) is 7.05 Å². The number of aryl methyl sites for hydroxylation is 3. The lowest BCUT2D eigenvalue weighted by Crippen LogP contribution is -2.37. The molecule has 0 atom stereocenters. The fourth-order valence-electron chi connectivity index (χ4n) is 2.82. The lowest BCUT2D eigenvalue weighted by molar-refractivity contribution is -0.126. The van der Waals surface area contributed by atoms with Crippen molar-refractivity contribution < 1.29 is 4.79 Å². The Labute approximate surface area is 115 Å². The summed E-state index contributed by atoms with van der Waals surface area (Å²) >= 11 is 0. The predicted molar refractivity (Wildman–Crippen MR) is 78.1 cm³/mol. The molecule has 104 valence electrons. The van der Waals surface area contributed by atoms with E-state index in [4.69, 9.17) is 0 Å². The zero-order chi connectivity index (χ0) is 14.0. The molecule has 3 nitrogen and oxygen atoms in total. The summed E-state index contributed by atoms with van der Waals surface area (Å²) in [7, 11) is 1.90. The molecule has 0 aliphatic heterocycles. The molecule has 0 unspecified atom stereocenters. The van der Waals surface area contributed by atoms with Crippen LogP contribution >= 0.6 is 0 Å². The molecule has 1 aromatic carbocycles. The van der Waals surface area contributed by atoms with Crippen molar-refractivity contribution in [3.8, 4) is 0 Å². The third-order valence-corrected chi connectivity index (χ3v) is 4.12. The molecule has 1 aromatic rings. The fourth-order valence-corrected chi connectivity index (χ4v) is 2.82. The Hall–Kier alpha value is -1.35. The first kappa shape index (κ1) is 14.1. The van der Waals surface area contributed by atoms with Gasteiger partial charge in [0, 0.05) is 13.1 Å². The average Bonchev–Trinajstić information content (AvgIpc) is 3.09. The summed E-state index contributed by atoms with van der Waals surface area (Å²) in [6, 6.07) is 4.35. The molecular weight excluding hydrogens is 236 g/mol. The molecule has 2 rings (SSSR count). The maximum absolute atomic E-state index is 12.2. The molecule has 0 bridgehead atoms. The predicted octanol–water partition coefficient (Wildman–Crippen LogP) is 2.23. The van der Waals surface area contributed by atoms with E-state index in [1.54, 1.807) is 0 Å². The molecule has 0 spiro atoms. The summed E-state index contributed by atoms with van der Waals surface area (Å²) in [4.78, 5) is 12.2. The van der Waals surface area contributed by atoms with Crippen LogP contribution in [0.1, 0.15) is 35.1 Å². The molecule has 3 heteroatoms. The summed E-state index contributed by atoms with van der Waals surface area (Å²) in [5, 5.41) is 6.23. The highest BCUT2D eigenvalue weighted by Gasteiger charge is 2.48. The third kappa shape index (κ3) is 2.98. The van der Waals surface area contributed by atoms with Gasteiger partial charge < -0.3 is 10.6 Å². The Balaban J connectivity index is 2.02. The maximum Gasteiger partial charge on any atom is 0.227 e. The molecule has 0 saturated heterocycles. The van der Waals surface area contributed by atoms with Crippen LogP contribution in [-0.4, -0.2) is 19.5 Å². The SMILES string of the molecule is CNCC1(C(=O)NCc2c(C)cc(C)cc2C)CC1. The molecule has 0 aromatic heterocycles. The van der Waals surface area contributed by atoms with Gasteiger partial charge in [-0.25, -0.2) is 0 Å². The summed E-state index contributed by atoms with van der Waals surface area (Å²) in [6.07, 6.45) is 2.01. The van der Waals surface area contributed by atoms with Gasteiger partial charge >= 0.3 is 0 Å². The van der Waals surface area contributed by atoms with Crippen LogP contribution in [0.25, 0.3) is 0 Å². The monoisotopic (exact) mass is 260 g/mol. The Morgan fingerprint density at radius 3 is 2.26 bits per heavy atom. The molecule has 0 heterocycles. The van der Waals surface area contributed by atoms with Crippen molar-refractivity contribution in [1.82, 2.24) is 10.6 Å². The van der Waals surface area contributed by atoms with Gasteiger partial charge in [0.25, 0.3) is 0 Å². The van der Waals surface area contributed by atoms with Crippen molar-refractivity contribution in [1.29, 1.82) is 0 Å². The largest absolute Gasteiger partial charge is 0.351 e.